The highest BCUT2D eigenvalue weighted by molar-refractivity contribution is 7.89. The average molecular weight is 600 g/mol. The summed E-state index contributed by atoms with van der Waals surface area (Å²) in [5.74, 6) is -0.122. The first-order valence-electron chi connectivity index (χ1n) is 14.9. The Bertz CT molecular complexity index is 1460. The normalized spacial score (nSPS) is 24.3. The van der Waals surface area contributed by atoms with Gasteiger partial charge in [-0.05, 0) is 85.4 Å². The third kappa shape index (κ3) is 7.14. The summed E-state index contributed by atoms with van der Waals surface area (Å²) in [6, 6.07) is 10.3. The number of sulfonamides is 1. The molecule has 2 aromatic carbocycles. The van der Waals surface area contributed by atoms with Gasteiger partial charge < -0.3 is 10.1 Å². The molecule has 3 aliphatic rings. The number of rotatable bonds is 9. The van der Waals surface area contributed by atoms with Crippen LogP contribution in [0.3, 0.4) is 0 Å². The Morgan fingerprint density at radius 2 is 1.86 bits per heavy atom. The number of amides is 2. The molecule has 1 heterocycles. The maximum Gasteiger partial charge on any atom is 0.237 e. The number of nitrogens with zero attached hydrogens (tertiary/aromatic N) is 1. The number of carbonyl (C=O) groups is 2. The number of benzene rings is 2. The van der Waals surface area contributed by atoms with Crippen LogP contribution >= 0.6 is 0 Å². The minimum Gasteiger partial charge on any atom is -0.490 e. The van der Waals surface area contributed by atoms with Crippen LogP contribution in [0, 0.1) is 11.2 Å². The Balaban J connectivity index is 1.36. The van der Waals surface area contributed by atoms with Gasteiger partial charge in [0.05, 0.1) is 18.7 Å². The molecule has 0 unspecified atom stereocenters. The van der Waals surface area contributed by atoms with Gasteiger partial charge >= 0.3 is 0 Å². The summed E-state index contributed by atoms with van der Waals surface area (Å²) in [7, 11) is -1.68. The lowest BCUT2D eigenvalue weighted by Gasteiger charge is -2.29. The van der Waals surface area contributed by atoms with Gasteiger partial charge in [-0.3, -0.25) is 19.2 Å². The van der Waals surface area contributed by atoms with E-state index in [0.29, 0.717) is 28.9 Å². The highest BCUT2D eigenvalue weighted by Crippen LogP contribution is 2.45. The molecule has 228 valence electrons. The Morgan fingerprint density at radius 3 is 2.50 bits per heavy atom. The predicted molar refractivity (Wildman–Crippen MR) is 160 cm³/mol. The first kappa shape index (κ1) is 30.5. The number of likely N-dealkylation sites (tertiary alicyclic amines) is 1. The van der Waals surface area contributed by atoms with Crippen LogP contribution in [0.1, 0.15) is 75.8 Å². The molecular weight excluding hydrogens is 557 g/mol. The number of carbonyl (C=O) groups excluding carboxylic acids is 2. The van der Waals surface area contributed by atoms with Crippen LogP contribution in [-0.4, -0.2) is 63.2 Å². The van der Waals surface area contributed by atoms with E-state index in [-0.39, 0.29) is 47.7 Å². The molecule has 1 saturated heterocycles. The SMILES string of the molecule is CN1CC(C)(C)C[C@H]1C(=O)N[C@@H]1CC[C@@H](Oc2ccc(CC(=O)NS(C)(=O)=O)cc2-c2cccc(F)c2C2CCC2)C1. The first-order valence-corrected chi connectivity index (χ1v) is 16.8. The Hall–Kier alpha value is -2.98. The smallest absolute Gasteiger partial charge is 0.237 e. The molecule has 0 spiro atoms. The average Bonchev–Trinajstić information content (AvgIpc) is 3.40. The monoisotopic (exact) mass is 599 g/mol. The second-order valence-corrected chi connectivity index (χ2v) is 14.9. The number of hydrogen-bond donors (Lipinski definition) is 2. The van der Waals surface area contributed by atoms with Crippen molar-refractivity contribution in [3.63, 3.8) is 0 Å². The fraction of sp³-hybridized carbons (Fsp3) is 0.562. The van der Waals surface area contributed by atoms with Crippen LogP contribution in [0.4, 0.5) is 4.39 Å². The first-order chi connectivity index (χ1) is 19.8. The minimum atomic E-state index is -3.68. The van der Waals surface area contributed by atoms with E-state index < -0.39 is 15.9 Å². The van der Waals surface area contributed by atoms with E-state index in [0.717, 1.165) is 56.9 Å². The molecule has 10 heteroatoms. The van der Waals surface area contributed by atoms with Crippen molar-refractivity contribution in [3.05, 3.63) is 53.3 Å². The molecule has 0 aromatic heterocycles. The second-order valence-electron chi connectivity index (χ2n) is 13.2. The largest absolute Gasteiger partial charge is 0.490 e. The molecule has 8 nitrogen and oxygen atoms in total. The Labute approximate surface area is 248 Å². The van der Waals surface area contributed by atoms with Crippen LogP contribution in [0.5, 0.6) is 5.75 Å². The third-order valence-electron chi connectivity index (χ3n) is 8.85. The molecule has 1 aliphatic heterocycles. The minimum absolute atomic E-state index is 0.0155. The van der Waals surface area contributed by atoms with Crippen LogP contribution in [0.25, 0.3) is 11.1 Å². The standard InChI is InChI=1S/C32H42FN3O5S/c1-32(2)18-27(36(3)19-32)31(38)34-22-12-13-23(17-22)41-28-14-11-20(16-29(37)35-42(4,39)40)15-25(28)24-9-6-10-26(33)30(24)21-7-5-8-21/h6,9-11,14-15,21-23,27H,5,7-8,12-13,16-19H2,1-4H3,(H,34,38)(H,35,37)/t22-,23-,27+/m1/s1. The van der Waals surface area contributed by atoms with Gasteiger partial charge in [-0.2, -0.15) is 0 Å². The van der Waals surface area contributed by atoms with E-state index in [2.05, 4.69) is 24.1 Å². The maximum atomic E-state index is 15.2. The van der Waals surface area contributed by atoms with Gasteiger partial charge in [-0.25, -0.2) is 12.8 Å². The number of hydrogen-bond acceptors (Lipinski definition) is 6. The summed E-state index contributed by atoms with van der Waals surface area (Å²) >= 11 is 0. The van der Waals surface area contributed by atoms with Crippen molar-refractivity contribution in [2.24, 2.45) is 5.41 Å². The number of halogens is 1. The van der Waals surface area contributed by atoms with E-state index in [4.69, 9.17) is 4.74 Å². The van der Waals surface area contributed by atoms with Crippen LogP contribution in [0.15, 0.2) is 36.4 Å². The summed E-state index contributed by atoms with van der Waals surface area (Å²) in [6.07, 6.45) is 6.63. The van der Waals surface area contributed by atoms with E-state index in [1.807, 2.05) is 17.8 Å². The summed E-state index contributed by atoms with van der Waals surface area (Å²) in [5, 5.41) is 3.24. The van der Waals surface area contributed by atoms with Crippen LogP contribution in [0.2, 0.25) is 0 Å². The van der Waals surface area contributed by atoms with Gasteiger partial charge in [0.15, 0.2) is 0 Å². The van der Waals surface area contributed by atoms with E-state index in [1.165, 1.54) is 6.07 Å². The van der Waals surface area contributed by atoms with Crippen molar-refractivity contribution < 1.29 is 27.1 Å². The predicted octanol–water partition coefficient (Wildman–Crippen LogP) is 4.52. The van der Waals surface area contributed by atoms with Crippen molar-refractivity contribution in [2.75, 3.05) is 19.8 Å². The summed E-state index contributed by atoms with van der Waals surface area (Å²) in [4.78, 5) is 27.6. The lowest BCUT2D eigenvalue weighted by Crippen LogP contribution is -2.45. The fourth-order valence-electron chi connectivity index (χ4n) is 6.79. The van der Waals surface area contributed by atoms with Crippen molar-refractivity contribution in [3.8, 4) is 16.9 Å². The molecule has 3 atom stereocenters. The second kappa shape index (κ2) is 12.0. The van der Waals surface area contributed by atoms with E-state index in [9.17, 15) is 18.0 Å². The molecule has 5 rings (SSSR count). The molecule has 2 N–H and O–H groups in total. The fourth-order valence-corrected chi connectivity index (χ4v) is 7.28. The zero-order chi connectivity index (χ0) is 30.2. The molecule has 0 bridgehead atoms. The van der Waals surface area contributed by atoms with Gasteiger partial charge in [0.1, 0.15) is 17.7 Å². The topological polar surface area (TPSA) is 105 Å². The molecular formula is C32H42FN3O5S. The lowest BCUT2D eigenvalue weighted by atomic mass is 9.76. The maximum absolute atomic E-state index is 15.2. The van der Waals surface area contributed by atoms with Crippen molar-refractivity contribution in [2.45, 2.75) is 89.3 Å². The number of likely N-dealkylation sites (N-methyl/N-ethyl adjacent to an activating group) is 1. The molecule has 2 saturated carbocycles. The van der Waals surface area contributed by atoms with Crippen molar-refractivity contribution in [1.29, 1.82) is 0 Å². The van der Waals surface area contributed by atoms with E-state index >= 15 is 4.39 Å². The van der Waals surface area contributed by atoms with Gasteiger partial charge in [-0.1, -0.05) is 38.5 Å². The van der Waals surface area contributed by atoms with Gasteiger partial charge in [0, 0.05) is 24.6 Å². The Kier molecular flexibility index (Phi) is 8.67. The third-order valence-corrected chi connectivity index (χ3v) is 9.45. The van der Waals surface area contributed by atoms with Gasteiger partial charge in [-0.15, -0.1) is 0 Å². The van der Waals surface area contributed by atoms with Crippen LogP contribution in [-0.2, 0) is 26.0 Å². The van der Waals surface area contributed by atoms with Crippen molar-refractivity contribution >= 4 is 21.8 Å². The highest BCUT2D eigenvalue weighted by Gasteiger charge is 2.40. The van der Waals surface area contributed by atoms with Crippen molar-refractivity contribution in [1.82, 2.24) is 14.9 Å². The zero-order valence-corrected chi connectivity index (χ0v) is 25.7. The molecule has 2 aromatic rings. The summed E-state index contributed by atoms with van der Waals surface area (Å²) < 4.78 is 46.9. The highest BCUT2D eigenvalue weighted by atomic mass is 32.2. The van der Waals surface area contributed by atoms with E-state index in [1.54, 1.807) is 24.3 Å². The molecule has 42 heavy (non-hydrogen) atoms. The van der Waals surface area contributed by atoms with Gasteiger partial charge in [0.25, 0.3) is 0 Å². The quantitative estimate of drug-likeness (QED) is 0.439. The molecule has 0 radical (unpaired) electrons. The van der Waals surface area contributed by atoms with Gasteiger partial charge in [0.2, 0.25) is 21.8 Å². The molecule has 2 aliphatic carbocycles. The number of ether oxygens (including phenoxy) is 1. The lowest BCUT2D eigenvalue weighted by molar-refractivity contribution is -0.125. The Morgan fingerprint density at radius 1 is 1.10 bits per heavy atom. The molecule has 3 fully saturated rings. The number of nitrogens with one attached hydrogen (secondary N) is 2. The summed E-state index contributed by atoms with van der Waals surface area (Å²) in [6.45, 7) is 5.26. The summed E-state index contributed by atoms with van der Waals surface area (Å²) in [5.41, 5.74) is 2.79. The zero-order valence-electron chi connectivity index (χ0n) is 24.9. The molecule has 2 amide bonds. The van der Waals surface area contributed by atoms with Crippen LogP contribution < -0.4 is 14.8 Å².